The highest BCUT2D eigenvalue weighted by atomic mass is 32.1. The molecule has 28 heavy (non-hydrogen) atoms. The van der Waals surface area contributed by atoms with E-state index in [1.807, 2.05) is 11.9 Å². The van der Waals surface area contributed by atoms with Gasteiger partial charge in [0.15, 0.2) is 0 Å². The lowest BCUT2D eigenvalue weighted by Crippen LogP contribution is -2.32. The largest absolute Gasteiger partial charge is 0.354 e. The number of amides is 1. The molecule has 1 aliphatic rings. The molecule has 1 atom stereocenters. The Morgan fingerprint density at radius 3 is 2.64 bits per heavy atom. The van der Waals surface area contributed by atoms with Crippen molar-refractivity contribution in [2.45, 2.75) is 19.0 Å². The molecule has 1 aliphatic heterocycles. The first-order chi connectivity index (χ1) is 13.6. The van der Waals surface area contributed by atoms with Crippen molar-refractivity contribution in [2.75, 3.05) is 25.0 Å². The van der Waals surface area contributed by atoms with Gasteiger partial charge in [-0.25, -0.2) is 9.97 Å². The van der Waals surface area contributed by atoms with Crippen LogP contribution in [-0.2, 0) is 6.54 Å². The van der Waals surface area contributed by atoms with E-state index in [9.17, 15) is 4.79 Å². The second-order valence-corrected chi connectivity index (χ2v) is 7.90. The Labute approximate surface area is 168 Å². The minimum absolute atomic E-state index is 0.0634. The van der Waals surface area contributed by atoms with Gasteiger partial charge >= 0.3 is 0 Å². The molecule has 144 valence electrons. The van der Waals surface area contributed by atoms with Crippen molar-refractivity contribution in [1.29, 1.82) is 0 Å². The maximum Gasteiger partial charge on any atom is 0.274 e. The van der Waals surface area contributed by atoms with E-state index in [2.05, 4.69) is 51.1 Å². The fourth-order valence-electron chi connectivity index (χ4n) is 3.35. The molecule has 1 unspecified atom stereocenters. The molecule has 0 radical (unpaired) electrons. The maximum absolute atomic E-state index is 12.4. The maximum atomic E-state index is 12.4. The van der Waals surface area contributed by atoms with Crippen molar-refractivity contribution >= 4 is 23.1 Å². The summed E-state index contributed by atoms with van der Waals surface area (Å²) in [5.41, 5.74) is 9.90. The number of hydrogen-bond donors (Lipinski definition) is 1. The summed E-state index contributed by atoms with van der Waals surface area (Å²) in [6, 6.07) is 10.7. The Morgan fingerprint density at radius 2 is 2.04 bits per heavy atom. The molecule has 1 amide bonds. The third kappa shape index (κ3) is 4.05. The standard InChI is InChI=1S/C21H23N5OS/c1-25(12-15-2-4-16(5-3-15)17-7-9-28-14-17)20-11-23-19(10-24-20)21(27)26-8-6-18(22)13-26/h2-5,7,9-11,14,18H,6,8,12-13,22H2,1H3. The number of carbonyl (C=O) groups is 1. The van der Waals surface area contributed by atoms with Crippen molar-refractivity contribution < 1.29 is 4.79 Å². The molecule has 0 spiro atoms. The van der Waals surface area contributed by atoms with E-state index in [0.29, 0.717) is 25.3 Å². The van der Waals surface area contributed by atoms with Crippen LogP contribution in [0.1, 0.15) is 22.5 Å². The molecule has 0 bridgehead atoms. The summed E-state index contributed by atoms with van der Waals surface area (Å²) in [5.74, 6) is 0.634. The Bertz CT molecular complexity index is 924. The third-order valence-corrected chi connectivity index (χ3v) is 5.67. The summed E-state index contributed by atoms with van der Waals surface area (Å²) < 4.78 is 0. The molecule has 0 saturated carbocycles. The van der Waals surface area contributed by atoms with Crippen molar-refractivity contribution in [3.63, 3.8) is 0 Å². The molecule has 1 saturated heterocycles. The van der Waals surface area contributed by atoms with Crippen molar-refractivity contribution in [2.24, 2.45) is 5.73 Å². The van der Waals surface area contributed by atoms with Crippen LogP contribution in [0.25, 0.3) is 11.1 Å². The van der Waals surface area contributed by atoms with Gasteiger partial charge < -0.3 is 15.5 Å². The number of rotatable bonds is 5. The van der Waals surface area contributed by atoms with Gasteiger partial charge in [-0.1, -0.05) is 24.3 Å². The van der Waals surface area contributed by atoms with Crippen LogP contribution in [0.5, 0.6) is 0 Å². The van der Waals surface area contributed by atoms with Crippen LogP contribution in [-0.4, -0.2) is 47.0 Å². The summed E-state index contributed by atoms with van der Waals surface area (Å²) in [6.45, 7) is 1.99. The Hall–Kier alpha value is -2.77. The number of benzene rings is 1. The predicted molar refractivity (Wildman–Crippen MR) is 112 cm³/mol. The lowest BCUT2D eigenvalue weighted by Gasteiger charge is -2.19. The van der Waals surface area contributed by atoms with Crippen LogP contribution in [0.2, 0.25) is 0 Å². The molecule has 2 N–H and O–H groups in total. The first kappa shape index (κ1) is 18.6. The van der Waals surface area contributed by atoms with Crippen molar-refractivity contribution in [1.82, 2.24) is 14.9 Å². The highest BCUT2D eigenvalue weighted by molar-refractivity contribution is 7.08. The summed E-state index contributed by atoms with van der Waals surface area (Å²) in [5, 5.41) is 4.23. The molecule has 0 aliphatic carbocycles. The van der Waals surface area contributed by atoms with Gasteiger partial charge in [0.1, 0.15) is 11.5 Å². The van der Waals surface area contributed by atoms with Crippen LogP contribution in [0.15, 0.2) is 53.5 Å². The zero-order valence-corrected chi connectivity index (χ0v) is 16.6. The Balaban J connectivity index is 1.39. The molecule has 1 fully saturated rings. The highest BCUT2D eigenvalue weighted by Crippen LogP contribution is 2.23. The molecule has 1 aromatic carbocycles. The van der Waals surface area contributed by atoms with Crippen LogP contribution in [0.4, 0.5) is 5.82 Å². The first-order valence-electron chi connectivity index (χ1n) is 9.30. The average Bonchev–Trinajstić information content (AvgIpc) is 3.40. The number of hydrogen-bond acceptors (Lipinski definition) is 6. The summed E-state index contributed by atoms with van der Waals surface area (Å²) in [7, 11) is 1.97. The van der Waals surface area contributed by atoms with Gasteiger partial charge in [0.2, 0.25) is 0 Å². The lowest BCUT2D eigenvalue weighted by molar-refractivity contribution is 0.0784. The van der Waals surface area contributed by atoms with Crippen molar-refractivity contribution in [3.05, 3.63) is 64.7 Å². The fourth-order valence-corrected chi connectivity index (χ4v) is 4.01. The second kappa shape index (κ2) is 8.08. The molecule has 2 aromatic heterocycles. The third-order valence-electron chi connectivity index (χ3n) is 4.99. The second-order valence-electron chi connectivity index (χ2n) is 7.12. The number of aromatic nitrogens is 2. The molecular formula is C21H23N5OS. The Kier molecular flexibility index (Phi) is 5.36. The minimum atomic E-state index is -0.0985. The number of nitrogens with zero attached hydrogens (tertiary/aromatic N) is 4. The molecule has 4 rings (SSSR count). The van der Waals surface area contributed by atoms with Gasteiger partial charge in [-0.05, 0) is 39.9 Å². The van der Waals surface area contributed by atoms with Gasteiger partial charge in [-0.15, -0.1) is 0 Å². The number of likely N-dealkylation sites (tertiary alicyclic amines) is 1. The number of thiophene rings is 1. The van der Waals surface area contributed by atoms with Crippen LogP contribution >= 0.6 is 11.3 Å². The van der Waals surface area contributed by atoms with Crippen LogP contribution in [0.3, 0.4) is 0 Å². The quantitative estimate of drug-likeness (QED) is 0.721. The minimum Gasteiger partial charge on any atom is -0.354 e. The van der Waals surface area contributed by atoms with E-state index in [0.717, 1.165) is 12.2 Å². The Morgan fingerprint density at radius 1 is 1.21 bits per heavy atom. The topological polar surface area (TPSA) is 75.4 Å². The SMILES string of the molecule is CN(Cc1ccc(-c2ccsc2)cc1)c1cnc(C(=O)N2CCC(N)C2)cn1. The van der Waals surface area contributed by atoms with E-state index in [4.69, 9.17) is 5.73 Å². The monoisotopic (exact) mass is 393 g/mol. The predicted octanol–water partition coefficient (Wildman–Crippen LogP) is 3.01. The summed E-state index contributed by atoms with van der Waals surface area (Å²) in [4.78, 5) is 25.0. The lowest BCUT2D eigenvalue weighted by atomic mass is 10.1. The normalized spacial score (nSPS) is 16.4. The smallest absolute Gasteiger partial charge is 0.274 e. The van der Waals surface area contributed by atoms with E-state index in [1.165, 1.54) is 16.7 Å². The van der Waals surface area contributed by atoms with E-state index >= 15 is 0 Å². The van der Waals surface area contributed by atoms with Crippen molar-refractivity contribution in [3.8, 4) is 11.1 Å². The zero-order valence-electron chi connectivity index (χ0n) is 15.8. The van der Waals surface area contributed by atoms with Gasteiger partial charge in [0.25, 0.3) is 5.91 Å². The number of carbonyl (C=O) groups excluding carboxylic acids is 1. The molecule has 3 heterocycles. The summed E-state index contributed by atoms with van der Waals surface area (Å²) >= 11 is 1.70. The summed E-state index contributed by atoms with van der Waals surface area (Å²) in [6.07, 6.45) is 4.05. The highest BCUT2D eigenvalue weighted by Gasteiger charge is 2.25. The number of nitrogens with two attached hydrogens (primary N) is 1. The van der Waals surface area contributed by atoms with Gasteiger partial charge in [0.05, 0.1) is 12.4 Å². The first-order valence-corrected chi connectivity index (χ1v) is 10.2. The molecule has 3 aromatic rings. The van der Waals surface area contributed by atoms with Gasteiger partial charge in [-0.2, -0.15) is 11.3 Å². The average molecular weight is 394 g/mol. The van der Waals surface area contributed by atoms with E-state index < -0.39 is 0 Å². The molecule has 6 nitrogen and oxygen atoms in total. The van der Waals surface area contributed by atoms with Gasteiger partial charge in [-0.3, -0.25) is 4.79 Å². The molecule has 7 heteroatoms. The van der Waals surface area contributed by atoms with E-state index in [1.54, 1.807) is 28.6 Å². The zero-order chi connectivity index (χ0) is 19.5. The molecular weight excluding hydrogens is 370 g/mol. The van der Waals surface area contributed by atoms with Crippen LogP contribution in [0, 0.1) is 0 Å². The van der Waals surface area contributed by atoms with Crippen LogP contribution < -0.4 is 10.6 Å². The van der Waals surface area contributed by atoms with E-state index in [-0.39, 0.29) is 11.9 Å². The fraction of sp³-hybridized carbons (Fsp3) is 0.286. The van der Waals surface area contributed by atoms with Gasteiger partial charge in [0, 0.05) is 32.7 Å². The number of anilines is 1.